The van der Waals surface area contributed by atoms with Gasteiger partial charge in [0.1, 0.15) is 30.2 Å². The number of imidazole rings is 1. The number of nitrogens with zero attached hydrogens (tertiary/aromatic N) is 4. The monoisotopic (exact) mass is 311 g/mol. The van der Waals surface area contributed by atoms with Crippen LogP contribution in [0.3, 0.4) is 0 Å². The number of hydrogen-bond acceptors (Lipinski definition) is 9. The molecule has 118 valence electrons. The molecule has 1 fully saturated rings. The third-order valence-corrected chi connectivity index (χ3v) is 3.50. The van der Waals surface area contributed by atoms with E-state index in [0.29, 0.717) is 0 Å². The molecule has 0 radical (unpaired) electrons. The molecule has 0 amide bonds. The van der Waals surface area contributed by atoms with E-state index in [1.165, 1.54) is 17.2 Å². The van der Waals surface area contributed by atoms with Gasteiger partial charge in [-0.25, -0.2) is 19.7 Å². The van der Waals surface area contributed by atoms with Crippen molar-refractivity contribution in [3.63, 3.8) is 0 Å². The predicted octanol–water partition coefficient (Wildman–Crippen LogP) is -2.53. The fourth-order valence-electron chi connectivity index (χ4n) is 2.37. The number of aliphatic hydroxyl groups excluding tert-OH is 3. The first kappa shape index (κ1) is 14.6. The summed E-state index contributed by atoms with van der Waals surface area (Å²) in [7, 11) is 0. The summed E-state index contributed by atoms with van der Waals surface area (Å²) in [6.45, 7) is 0. The molecule has 1 aliphatic rings. The molecular formula is C11H13N5O6. The standard InChI is InChI=1S/C11H13N5O6/c12-8-3-9(14-1-13-8)16(2-15-3)10-5(18)4(17)7(22-10)6(19)11(20)21/h1-2,4-7,10,17-19H,(H,20,21)(H2,12,13,14)/t4-,5+,6+,7-,10+/m0/s1. The molecule has 0 bridgehead atoms. The number of aliphatic carboxylic acids is 1. The third-order valence-electron chi connectivity index (χ3n) is 3.50. The maximum absolute atomic E-state index is 10.8. The number of carboxylic acids is 1. The van der Waals surface area contributed by atoms with Gasteiger partial charge in [0.2, 0.25) is 0 Å². The number of carbonyl (C=O) groups is 1. The molecule has 11 nitrogen and oxygen atoms in total. The van der Waals surface area contributed by atoms with Crippen LogP contribution in [0.15, 0.2) is 12.7 Å². The van der Waals surface area contributed by atoms with Gasteiger partial charge < -0.3 is 30.9 Å². The first-order valence-electron chi connectivity index (χ1n) is 6.27. The van der Waals surface area contributed by atoms with Crippen LogP contribution in [0.2, 0.25) is 0 Å². The Hall–Kier alpha value is -2.34. The van der Waals surface area contributed by atoms with Gasteiger partial charge in [0.25, 0.3) is 0 Å². The zero-order valence-corrected chi connectivity index (χ0v) is 11.0. The lowest BCUT2D eigenvalue weighted by Crippen LogP contribution is -2.42. The second kappa shape index (κ2) is 5.14. The van der Waals surface area contributed by atoms with Gasteiger partial charge in [-0.3, -0.25) is 4.57 Å². The van der Waals surface area contributed by atoms with Gasteiger partial charge in [0.15, 0.2) is 23.8 Å². The number of aromatic nitrogens is 4. The molecule has 2 aromatic heterocycles. The summed E-state index contributed by atoms with van der Waals surface area (Å²) in [5.41, 5.74) is 6.17. The molecule has 3 heterocycles. The fraction of sp³-hybridized carbons (Fsp3) is 0.455. The Bertz CT molecular complexity index is 720. The Morgan fingerprint density at radius 2 is 2.05 bits per heavy atom. The Balaban J connectivity index is 1.98. The molecule has 0 saturated carbocycles. The normalized spacial score (nSPS) is 29.8. The molecule has 0 unspecified atom stereocenters. The maximum Gasteiger partial charge on any atom is 0.335 e. The maximum atomic E-state index is 10.8. The second-order valence-electron chi connectivity index (χ2n) is 4.84. The number of carboxylic acid groups (broad SMARTS) is 1. The van der Waals surface area contributed by atoms with E-state index >= 15 is 0 Å². The molecule has 1 aliphatic heterocycles. The number of fused-ring (bicyclic) bond motifs is 1. The van der Waals surface area contributed by atoms with E-state index in [2.05, 4.69) is 15.0 Å². The Kier molecular flexibility index (Phi) is 3.41. The molecule has 0 spiro atoms. The van der Waals surface area contributed by atoms with Crippen molar-refractivity contribution in [3.8, 4) is 0 Å². The topological polar surface area (TPSA) is 177 Å². The van der Waals surface area contributed by atoms with Crippen molar-refractivity contribution in [1.82, 2.24) is 19.5 Å². The van der Waals surface area contributed by atoms with E-state index in [0.717, 1.165) is 0 Å². The molecular weight excluding hydrogens is 298 g/mol. The Morgan fingerprint density at radius 3 is 2.73 bits per heavy atom. The Morgan fingerprint density at radius 1 is 1.32 bits per heavy atom. The van der Waals surface area contributed by atoms with E-state index in [-0.39, 0.29) is 17.0 Å². The summed E-state index contributed by atoms with van der Waals surface area (Å²) in [4.78, 5) is 22.5. The van der Waals surface area contributed by atoms with Crippen LogP contribution in [-0.2, 0) is 9.53 Å². The average molecular weight is 311 g/mol. The lowest BCUT2D eigenvalue weighted by molar-refractivity contribution is -0.160. The number of rotatable bonds is 3. The van der Waals surface area contributed by atoms with Crippen molar-refractivity contribution >= 4 is 23.0 Å². The van der Waals surface area contributed by atoms with E-state index in [1.54, 1.807) is 0 Å². The molecule has 3 rings (SSSR count). The highest BCUT2D eigenvalue weighted by Crippen LogP contribution is 2.33. The molecule has 0 aliphatic carbocycles. The molecule has 11 heteroatoms. The first-order valence-corrected chi connectivity index (χ1v) is 6.27. The summed E-state index contributed by atoms with van der Waals surface area (Å²) >= 11 is 0. The molecule has 2 aromatic rings. The predicted molar refractivity (Wildman–Crippen MR) is 69.3 cm³/mol. The van der Waals surface area contributed by atoms with Crippen LogP contribution < -0.4 is 5.73 Å². The van der Waals surface area contributed by atoms with Crippen LogP contribution in [0, 0.1) is 0 Å². The van der Waals surface area contributed by atoms with E-state index < -0.39 is 36.6 Å². The third kappa shape index (κ3) is 2.07. The molecule has 6 N–H and O–H groups in total. The lowest BCUT2D eigenvalue weighted by Gasteiger charge is -2.17. The summed E-state index contributed by atoms with van der Waals surface area (Å²) in [6.07, 6.45) is -5.25. The first-order chi connectivity index (χ1) is 10.4. The van der Waals surface area contributed by atoms with Crippen LogP contribution >= 0.6 is 0 Å². The molecule has 0 aromatic carbocycles. The molecule has 5 atom stereocenters. The number of nitrogens with two attached hydrogens (primary N) is 1. The largest absolute Gasteiger partial charge is 0.479 e. The smallest absolute Gasteiger partial charge is 0.335 e. The highest BCUT2D eigenvalue weighted by Gasteiger charge is 2.49. The van der Waals surface area contributed by atoms with Crippen LogP contribution in [0.1, 0.15) is 6.23 Å². The quantitative estimate of drug-likeness (QED) is 0.406. The van der Waals surface area contributed by atoms with Crippen LogP contribution in [0.25, 0.3) is 11.2 Å². The lowest BCUT2D eigenvalue weighted by atomic mass is 10.1. The van der Waals surface area contributed by atoms with Crippen LogP contribution in [0.4, 0.5) is 5.82 Å². The Labute approximate surface area is 122 Å². The van der Waals surface area contributed by atoms with Crippen molar-refractivity contribution in [1.29, 1.82) is 0 Å². The highest BCUT2D eigenvalue weighted by molar-refractivity contribution is 5.81. The minimum Gasteiger partial charge on any atom is -0.479 e. The van der Waals surface area contributed by atoms with Crippen molar-refractivity contribution < 1.29 is 30.0 Å². The van der Waals surface area contributed by atoms with E-state index in [9.17, 15) is 20.1 Å². The van der Waals surface area contributed by atoms with Crippen LogP contribution in [-0.4, -0.2) is 70.3 Å². The summed E-state index contributed by atoms with van der Waals surface area (Å²) in [5.74, 6) is -1.45. The van der Waals surface area contributed by atoms with Gasteiger partial charge in [0.05, 0.1) is 6.33 Å². The average Bonchev–Trinajstić information content (AvgIpc) is 3.02. The van der Waals surface area contributed by atoms with Gasteiger partial charge >= 0.3 is 5.97 Å². The molecule has 1 saturated heterocycles. The SMILES string of the molecule is Nc1ncnc2c1ncn2[C@@H]1O[C@H]([C@@H](O)C(=O)O)[C@@H](O)[C@H]1O. The van der Waals surface area contributed by atoms with Gasteiger partial charge in [-0.15, -0.1) is 0 Å². The molecule has 22 heavy (non-hydrogen) atoms. The number of anilines is 1. The minimum absolute atomic E-state index is 0.124. The number of ether oxygens (including phenoxy) is 1. The van der Waals surface area contributed by atoms with Gasteiger partial charge in [-0.2, -0.15) is 0 Å². The highest BCUT2D eigenvalue weighted by atomic mass is 16.6. The van der Waals surface area contributed by atoms with Gasteiger partial charge in [-0.05, 0) is 0 Å². The minimum atomic E-state index is -1.98. The number of nitrogen functional groups attached to an aromatic ring is 1. The van der Waals surface area contributed by atoms with Gasteiger partial charge in [0, 0.05) is 0 Å². The van der Waals surface area contributed by atoms with Crippen LogP contribution in [0.5, 0.6) is 0 Å². The van der Waals surface area contributed by atoms with Crippen molar-refractivity contribution in [3.05, 3.63) is 12.7 Å². The van der Waals surface area contributed by atoms with E-state index in [4.69, 9.17) is 15.6 Å². The van der Waals surface area contributed by atoms with Crippen molar-refractivity contribution in [2.45, 2.75) is 30.6 Å². The zero-order valence-electron chi connectivity index (χ0n) is 11.0. The summed E-state index contributed by atoms with van der Waals surface area (Å²) < 4.78 is 6.58. The van der Waals surface area contributed by atoms with Crippen molar-refractivity contribution in [2.75, 3.05) is 5.73 Å². The summed E-state index contributed by atoms with van der Waals surface area (Å²) in [6, 6.07) is 0. The number of hydrogen-bond donors (Lipinski definition) is 5. The zero-order chi connectivity index (χ0) is 16.0. The van der Waals surface area contributed by atoms with Crippen molar-refractivity contribution in [2.24, 2.45) is 0 Å². The van der Waals surface area contributed by atoms with Gasteiger partial charge in [-0.1, -0.05) is 0 Å². The number of aliphatic hydroxyl groups is 3. The van der Waals surface area contributed by atoms with E-state index in [1.807, 2.05) is 0 Å². The summed E-state index contributed by atoms with van der Waals surface area (Å²) in [5, 5.41) is 38.3. The fourth-order valence-corrected chi connectivity index (χ4v) is 2.37. The second-order valence-corrected chi connectivity index (χ2v) is 4.84.